The highest BCUT2D eigenvalue weighted by atomic mass is 15.3. The van der Waals surface area contributed by atoms with E-state index in [1.807, 2.05) is 36.4 Å². The Bertz CT molecular complexity index is 1360. The number of rotatable bonds is 6. The molecule has 1 saturated heterocycles. The van der Waals surface area contributed by atoms with E-state index in [0.29, 0.717) is 11.6 Å². The standard InChI is InChI=1S/C27H27N7/c28-17-19-7-8-26-22(13-19)16-27(31-26)21-4-2-6-25(15-21)34-11-9-23(10-12-34)30-18-20-3-1-5-24(14-20)32-33-29/h1-8,13-16,23,30-31H,9-12,18H2,(H2,29,32). The molecule has 0 aliphatic carbocycles. The van der Waals surface area contributed by atoms with Crippen LogP contribution in [0.25, 0.3) is 22.2 Å². The minimum Gasteiger partial charge on any atom is -0.371 e. The molecular formula is C27H27N7. The van der Waals surface area contributed by atoms with Gasteiger partial charge in [-0.05, 0) is 72.5 Å². The van der Waals surface area contributed by atoms with Crippen molar-refractivity contribution < 1.29 is 0 Å². The molecule has 5 rings (SSSR count). The van der Waals surface area contributed by atoms with Gasteiger partial charge in [-0.1, -0.05) is 29.5 Å². The van der Waals surface area contributed by atoms with E-state index in [0.717, 1.165) is 60.3 Å². The Morgan fingerprint density at radius 2 is 1.88 bits per heavy atom. The number of nitrogens with two attached hydrogens (primary N) is 1. The molecule has 1 aliphatic heterocycles. The quantitative estimate of drug-likeness (QED) is 0.207. The van der Waals surface area contributed by atoms with Crippen molar-refractivity contribution in [1.29, 1.82) is 5.26 Å². The van der Waals surface area contributed by atoms with Gasteiger partial charge in [-0.2, -0.15) is 5.26 Å². The lowest BCUT2D eigenvalue weighted by atomic mass is 10.0. The summed E-state index contributed by atoms with van der Waals surface area (Å²) in [5.74, 6) is 5.16. The lowest BCUT2D eigenvalue weighted by molar-refractivity contribution is 0.414. The van der Waals surface area contributed by atoms with Gasteiger partial charge in [0.2, 0.25) is 0 Å². The average Bonchev–Trinajstić information content (AvgIpc) is 3.32. The molecule has 1 aliphatic rings. The van der Waals surface area contributed by atoms with E-state index in [9.17, 15) is 0 Å². The molecule has 0 amide bonds. The number of aromatic amines is 1. The topological polar surface area (TPSA) is 106 Å². The van der Waals surface area contributed by atoms with Crippen molar-refractivity contribution in [2.75, 3.05) is 18.0 Å². The van der Waals surface area contributed by atoms with Gasteiger partial charge in [-0.25, -0.2) is 0 Å². The summed E-state index contributed by atoms with van der Waals surface area (Å²) in [4.78, 5) is 5.95. The van der Waals surface area contributed by atoms with Crippen molar-refractivity contribution in [3.8, 4) is 17.3 Å². The van der Waals surface area contributed by atoms with E-state index >= 15 is 0 Å². The van der Waals surface area contributed by atoms with Crippen LogP contribution in [0.4, 0.5) is 11.4 Å². The summed E-state index contributed by atoms with van der Waals surface area (Å²) >= 11 is 0. The smallest absolute Gasteiger partial charge is 0.0991 e. The predicted octanol–water partition coefficient (Wildman–Crippen LogP) is 5.42. The molecule has 0 atom stereocenters. The van der Waals surface area contributed by atoms with Crippen LogP contribution >= 0.6 is 0 Å². The van der Waals surface area contributed by atoms with Gasteiger partial charge < -0.3 is 21.0 Å². The fourth-order valence-corrected chi connectivity index (χ4v) is 4.63. The second-order valence-corrected chi connectivity index (χ2v) is 8.67. The number of anilines is 1. The minimum atomic E-state index is 0.488. The molecule has 4 aromatic rings. The van der Waals surface area contributed by atoms with Crippen LogP contribution in [0.3, 0.4) is 0 Å². The van der Waals surface area contributed by atoms with Gasteiger partial charge in [-0.3, -0.25) is 0 Å². The second-order valence-electron chi connectivity index (χ2n) is 8.67. The highest BCUT2D eigenvalue weighted by Gasteiger charge is 2.19. The van der Waals surface area contributed by atoms with Crippen LogP contribution in [-0.4, -0.2) is 24.1 Å². The third kappa shape index (κ3) is 4.77. The van der Waals surface area contributed by atoms with Crippen LogP contribution in [0.2, 0.25) is 0 Å². The molecule has 4 N–H and O–H groups in total. The molecule has 34 heavy (non-hydrogen) atoms. The summed E-state index contributed by atoms with van der Waals surface area (Å²) in [6, 6.07) is 27.2. The van der Waals surface area contributed by atoms with Gasteiger partial charge >= 0.3 is 0 Å². The molecule has 170 valence electrons. The minimum absolute atomic E-state index is 0.488. The van der Waals surface area contributed by atoms with Gasteiger partial charge in [0.1, 0.15) is 0 Å². The molecule has 0 spiro atoms. The number of nitriles is 1. The number of benzene rings is 3. The molecule has 0 unspecified atom stereocenters. The summed E-state index contributed by atoms with van der Waals surface area (Å²) in [7, 11) is 0. The zero-order chi connectivity index (χ0) is 23.3. The van der Waals surface area contributed by atoms with Crippen LogP contribution in [0.1, 0.15) is 24.0 Å². The highest BCUT2D eigenvalue weighted by molar-refractivity contribution is 5.87. The van der Waals surface area contributed by atoms with E-state index in [1.54, 1.807) is 0 Å². The second kappa shape index (κ2) is 9.77. The lowest BCUT2D eigenvalue weighted by Gasteiger charge is -2.34. The Kier molecular flexibility index (Phi) is 6.23. The largest absolute Gasteiger partial charge is 0.371 e. The normalized spacial score (nSPS) is 14.6. The Labute approximate surface area is 198 Å². The molecule has 0 saturated carbocycles. The number of aromatic nitrogens is 1. The number of nitrogens with zero attached hydrogens (tertiary/aromatic N) is 4. The predicted molar refractivity (Wildman–Crippen MR) is 136 cm³/mol. The molecular weight excluding hydrogens is 422 g/mol. The summed E-state index contributed by atoms with van der Waals surface area (Å²) in [6.07, 6.45) is 2.19. The summed E-state index contributed by atoms with van der Waals surface area (Å²) < 4.78 is 0. The maximum absolute atomic E-state index is 9.16. The monoisotopic (exact) mass is 449 g/mol. The maximum Gasteiger partial charge on any atom is 0.0991 e. The number of hydrogen-bond donors (Lipinski definition) is 3. The number of hydrogen-bond acceptors (Lipinski definition) is 5. The molecule has 1 aromatic heterocycles. The van der Waals surface area contributed by atoms with Crippen molar-refractivity contribution in [3.63, 3.8) is 0 Å². The van der Waals surface area contributed by atoms with Gasteiger partial charge in [-0.15, -0.1) is 5.11 Å². The first-order chi connectivity index (χ1) is 16.7. The van der Waals surface area contributed by atoms with Gasteiger partial charge in [0.25, 0.3) is 0 Å². The fourth-order valence-electron chi connectivity index (χ4n) is 4.63. The summed E-state index contributed by atoms with van der Waals surface area (Å²) in [6.45, 7) is 2.84. The number of nitrogens with one attached hydrogen (secondary N) is 2. The molecule has 1 fully saturated rings. The van der Waals surface area contributed by atoms with Crippen LogP contribution in [-0.2, 0) is 6.54 Å². The molecule has 7 nitrogen and oxygen atoms in total. The van der Waals surface area contributed by atoms with Gasteiger partial charge in [0.05, 0.1) is 17.3 Å². The zero-order valence-electron chi connectivity index (χ0n) is 18.9. The first-order valence-corrected chi connectivity index (χ1v) is 11.5. The van der Waals surface area contributed by atoms with E-state index in [1.165, 1.54) is 11.3 Å². The van der Waals surface area contributed by atoms with E-state index in [4.69, 9.17) is 11.1 Å². The van der Waals surface area contributed by atoms with Gasteiger partial charge in [0.15, 0.2) is 0 Å². The molecule has 2 heterocycles. The summed E-state index contributed by atoms with van der Waals surface area (Å²) in [5.41, 5.74) is 7.14. The summed E-state index contributed by atoms with van der Waals surface area (Å²) in [5, 5.41) is 21.2. The average molecular weight is 450 g/mol. The third-order valence-corrected chi connectivity index (χ3v) is 6.45. The number of fused-ring (bicyclic) bond motifs is 1. The van der Waals surface area contributed by atoms with Gasteiger partial charge in [0, 0.05) is 48.0 Å². The van der Waals surface area contributed by atoms with Crippen LogP contribution in [0.15, 0.2) is 83.1 Å². The Morgan fingerprint density at radius 1 is 1.03 bits per heavy atom. The van der Waals surface area contributed by atoms with E-state index in [2.05, 4.69) is 68.0 Å². The van der Waals surface area contributed by atoms with Crippen molar-refractivity contribution in [3.05, 3.63) is 83.9 Å². The van der Waals surface area contributed by atoms with Crippen molar-refractivity contribution in [2.24, 2.45) is 16.2 Å². The van der Waals surface area contributed by atoms with Crippen LogP contribution < -0.4 is 16.1 Å². The third-order valence-electron chi connectivity index (χ3n) is 6.45. The first kappa shape index (κ1) is 21.7. The Balaban J connectivity index is 1.21. The lowest BCUT2D eigenvalue weighted by Crippen LogP contribution is -2.42. The van der Waals surface area contributed by atoms with Crippen LogP contribution in [0, 0.1) is 11.3 Å². The maximum atomic E-state index is 9.16. The van der Waals surface area contributed by atoms with E-state index < -0.39 is 0 Å². The van der Waals surface area contributed by atoms with Crippen molar-refractivity contribution in [2.45, 2.75) is 25.4 Å². The fraction of sp³-hybridized carbons (Fsp3) is 0.222. The SMILES string of the molecule is N#Cc1ccc2[nH]c(-c3cccc(N4CCC(NCc5cccc(N=NN)c5)CC4)c3)cc2c1. The molecule has 0 radical (unpaired) electrons. The molecule has 3 aromatic carbocycles. The van der Waals surface area contributed by atoms with Crippen molar-refractivity contribution >= 4 is 22.3 Å². The Morgan fingerprint density at radius 3 is 2.71 bits per heavy atom. The Hall–Kier alpha value is -4.15. The zero-order valence-corrected chi connectivity index (χ0v) is 18.9. The number of H-pyrrole nitrogens is 1. The van der Waals surface area contributed by atoms with Crippen LogP contribution in [0.5, 0.6) is 0 Å². The van der Waals surface area contributed by atoms with Crippen molar-refractivity contribution in [1.82, 2.24) is 10.3 Å². The first-order valence-electron chi connectivity index (χ1n) is 11.5. The number of piperidine rings is 1. The van der Waals surface area contributed by atoms with E-state index in [-0.39, 0.29) is 0 Å². The highest BCUT2D eigenvalue weighted by Crippen LogP contribution is 2.29. The molecule has 7 heteroatoms. The molecule has 0 bridgehead atoms.